The van der Waals surface area contributed by atoms with Crippen molar-refractivity contribution >= 4 is 50.7 Å². The van der Waals surface area contributed by atoms with Crippen molar-refractivity contribution in [1.29, 1.82) is 0 Å². The molecule has 0 heterocycles. The van der Waals surface area contributed by atoms with Crippen molar-refractivity contribution in [3.05, 3.63) is 129 Å². The van der Waals surface area contributed by atoms with Crippen molar-refractivity contribution < 1.29 is 18.0 Å². The van der Waals surface area contributed by atoms with Gasteiger partial charge in [0.05, 0.1) is 10.6 Å². The van der Waals surface area contributed by atoms with Gasteiger partial charge >= 0.3 is 0 Å². The minimum Gasteiger partial charge on any atom is -0.352 e. The summed E-state index contributed by atoms with van der Waals surface area (Å²) in [6.07, 6.45) is 0.921. The normalized spacial score (nSPS) is 12.7. The third kappa shape index (κ3) is 8.90. The zero-order valence-corrected chi connectivity index (χ0v) is 28.7. The summed E-state index contributed by atoms with van der Waals surface area (Å²) in [4.78, 5) is 30.0. The quantitative estimate of drug-likeness (QED) is 0.160. The molecule has 2 amide bonds. The second-order valence-electron chi connectivity index (χ2n) is 11.4. The Morgan fingerprint density at radius 3 is 2.11 bits per heavy atom. The van der Waals surface area contributed by atoms with Gasteiger partial charge in [-0.3, -0.25) is 13.9 Å². The summed E-state index contributed by atoms with van der Waals surface area (Å²) in [6.45, 7) is 6.95. The second kappa shape index (κ2) is 15.6. The number of halogens is 2. The van der Waals surface area contributed by atoms with Gasteiger partial charge in [-0.2, -0.15) is 0 Å². The number of anilines is 1. The van der Waals surface area contributed by atoms with Crippen LogP contribution >= 0.6 is 23.2 Å². The van der Waals surface area contributed by atoms with Crippen molar-refractivity contribution in [2.75, 3.05) is 10.8 Å². The first kappa shape index (κ1) is 35.0. The van der Waals surface area contributed by atoms with Crippen LogP contribution in [0.2, 0.25) is 10.0 Å². The van der Waals surface area contributed by atoms with Crippen molar-refractivity contribution in [1.82, 2.24) is 10.2 Å². The van der Waals surface area contributed by atoms with Crippen molar-refractivity contribution in [2.45, 2.75) is 64.1 Å². The van der Waals surface area contributed by atoms with Crippen LogP contribution in [0.3, 0.4) is 0 Å². The highest BCUT2D eigenvalue weighted by Gasteiger charge is 2.35. The molecule has 0 bridgehead atoms. The third-order valence-electron chi connectivity index (χ3n) is 7.83. The third-order valence-corrected chi connectivity index (χ3v) is 10.1. The van der Waals surface area contributed by atoms with Gasteiger partial charge < -0.3 is 10.2 Å². The molecule has 4 aromatic carbocycles. The Kier molecular flexibility index (Phi) is 11.9. The Morgan fingerprint density at radius 2 is 1.48 bits per heavy atom. The molecule has 0 aliphatic heterocycles. The molecule has 242 valence electrons. The van der Waals surface area contributed by atoms with Crippen LogP contribution in [-0.4, -0.2) is 43.8 Å². The minimum atomic E-state index is -4.22. The van der Waals surface area contributed by atoms with E-state index >= 15 is 0 Å². The smallest absolute Gasteiger partial charge is 0.264 e. The summed E-state index contributed by atoms with van der Waals surface area (Å²) in [7, 11) is -4.22. The first-order valence-electron chi connectivity index (χ1n) is 15.1. The van der Waals surface area contributed by atoms with Crippen LogP contribution in [-0.2, 0) is 32.6 Å². The highest BCUT2D eigenvalue weighted by atomic mass is 35.5. The van der Waals surface area contributed by atoms with Crippen LogP contribution in [0.25, 0.3) is 0 Å². The highest BCUT2D eigenvalue weighted by molar-refractivity contribution is 7.92. The fourth-order valence-corrected chi connectivity index (χ4v) is 6.99. The van der Waals surface area contributed by atoms with Gasteiger partial charge in [-0.1, -0.05) is 90.3 Å². The zero-order chi connectivity index (χ0) is 33.4. The number of amides is 2. The van der Waals surface area contributed by atoms with E-state index in [1.807, 2.05) is 57.2 Å². The van der Waals surface area contributed by atoms with E-state index in [2.05, 4.69) is 5.32 Å². The molecule has 46 heavy (non-hydrogen) atoms. The Balaban J connectivity index is 1.83. The molecule has 10 heteroatoms. The molecular weight excluding hydrogens is 641 g/mol. The lowest BCUT2D eigenvalue weighted by atomic mass is 10.0. The lowest BCUT2D eigenvalue weighted by molar-refractivity contribution is -0.140. The molecule has 1 N–H and O–H groups in total. The van der Waals surface area contributed by atoms with Crippen LogP contribution in [0.1, 0.15) is 42.5 Å². The molecule has 0 aliphatic carbocycles. The molecule has 4 aromatic rings. The molecule has 0 fully saturated rings. The van der Waals surface area contributed by atoms with E-state index in [9.17, 15) is 18.0 Å². The monoisotopic (exact) mass is 679 g/mol. The first-order valence-corrected chi connectivity index (χ1v) is 17.3. The van der Waals surface area contributed by atoms with Crippen LogP contribution in [0, 0.1) is 13.8 Å². The van der Waals surface area contributed by atoms with Crippen LogP contribution in [0.15, 0.2) is 102 Å². The van der Waals surface area contributed by atoms with E-state index in [1.54, 1.807) is 55.5 Å². The van der Waals surface area contributed by atoms with Gasteiger partial charge in [-0.15, -0.1) is 0 Å². The molecule has 0 aliphatic rings. The van der Waals surface area contributed by atoms with Crippen molar-refractivity contribution in [3.63, 3.8) is 0 Å². The number of rotatable bonds is 13. The molecule has 2 unspecified atom stereocenters. The summed E-state index contributed by atoms with van der Waals surface area (Å²) in [6, 6.07) is 26.7. The van der Waals surface area contributed by atoms with Gasteiger partial charge in [0.1, 0.15) is 12.6 Å². The Hall–Kier alpha value is -3.85. The maximum Gasteiger partial charge on any atom is 0.264 e. The molecule has 0 radical (unpaired) electrons. The molecule has 0 saturated carbocycles. The molecular formula is C36H39Cl2N3O4S. The molecule has 4 rings (SSSR count). The van der Waals surface area contributed by atoms with Gasteiger partial charge in [-0.05, 0) is 86.3 Å². The van der Waals surface area contributed by atoms with E-state index < -0.39 is 28.5 Å². The first-order chi connectivity index (χ1) is 21.9. The highest BCUT2D eigenvalue weighted by Crippen LogP contribution is 2.30. The lowest BCUT2D eigenvalue weighted by Gasteiger charge is -2.34. The summed E-state index contributed by atoms with van der Waals surface area (Å²) in [5, 5.41) is 3.96. The number of carbonyl (C=O) groups excluding carboxylic acids is 2. The summed E-state index contributed by atoms with van der Waals surface area (Å²) in [5.74, 6) is -0.880. The van der Waals surface area contributed by atoms with Crippen molar-refractivity contribution in [3.8, 4) is 0 Å². The number of benzene rings is 4. The minimum absolute atomic E-state index is 0.0306. The number of nitrogens with one attached hydrogen (secondary N) is 1. The van der Waals surface area contributed by atoms with Crippen LogP contribution < -0.4 is 9.62 Å². The zero-order valence-electron chi connectivity index (χ0n) is 26.4. The fourth-order valence-electron chi connectivity index (χ4n) is 5.08. The second-order valence-corrected chi connectivity index (χ2v) is 14.2. The van der Waals surface area contributed by atoms with E-state index in [0.717, 1.165) is 15.4 Å². The summed E-state index contributed by atoms with van der Waals surface area (Å²) >= 11 is 12.6. The maximum absolute atomic E-state index is 14.6. The van der Waals surface area contributed by atoms with Crippen molar-refractivity contribution in [2.24, 2.45) is 0 Å². The largest absolute Gasteiger partial charge is 0.352 e. The fraction of sp³-hybridized carbons (Fsp3) is 0.278. The SMILES string of the molecule is CCC(C)NC(=O)C(Cc1ccccc1)N(Cc1cccc(Cl)c1)C(=O)CN(c1ccc(Cl)cc1C)S(=O)(=O)c1ccc(C)cc1. The standard InChI is InChI=1S/C36H39Cl2N3O4S/c1-5-27(4)39-36(43)34(22-28-10-7-6-8-11-28)40(23-29-12-9-13-30(37)21-29)35(42)24-41(33-19-16-31(38)20-26(33)3)46(44,45)32-17-14-25(2)15-18-32/h6-21,27,34H,5,22-24H2,1-4H3,(H,39,43). The van der Waals surface area contributed by atoms with Gasteiger partial charge in [0.15, 0.2) is 0 Å². The maximum atomic E-state index is 14.6. The molecule has 2 atom stereocenters. The predicted octanol–water partition coefficient (Wildman–Crippen LogP) is 7.36. The van der Waals surface area contributed by atoms with E-state index in [0.29, 0.717) is 33.3 Å². The van der Waals surface area contributed by atoms with Gasteiger partial charge in [0, 0.05) is 29.1 Å². The Bertz CT molecular complexity index is 1770. The number of aryl methyl sites for hydroxylation is 2. The van der Waals surface area contributed by atoms with Crippen LogP contribution in [0.4, 0.5) is 5.69 Å². The Labute approximate surface area is 282 Å². The molecule has 0 saturated heterocycles. The van der Waals surface area contributed by atoms with Gasteiger partial charge in [0.25, 0.3) is 10.0 Å². The summed E-state index contributed by atoms with van der Waals surface area (Å²) in [5.41, 5.74) is 3.34. The number of hydrogen-bond acceptors (Lipinski definition) is 4. The number of carbonyl (C=O) groups is 2. The number of sulfonamides is 1. The molecule has 7 nitrogen and oxygen atoms in total. The average Bonchev–Trinajstić information content (AvgIpc) is 3.02. The molecule has 0 spiro atoms. The van der Waals surface area contributed by atoms with Crippen LogP contribution in [0.5, 0.6) is 0 Å². The van der Waals surface area contributed by atoms with Gasteiger partial charge in [0.2, 0.25) is 11.8 Å². The predicted molar refractivity (Wildman–Crippen MR) is 186 cm³/mol. The topological polar surface area (TPSA) is 86.8 Å². The molecule has 0 aromatic heterocycles. The lowest BCUT2D eigenvalue weighted by Crippen LogP contribution is -2.54. The number of hydrogen-bond donors (Lipinski definition) is 1. The van der Waals surface area contributed by atoms with Gasteiger partial charge in [-0.25, -0.2) is 8.42 Å². The Morgan fingerprint density at radius 1 is 0.826 bits per heavy atom. The van der Waals surface area contributed by atoms with E-state index in [-0.39, 0.29) is 29.8 Å². The van der Waals surface area contributed by atoms with E-state index in [1.165, 1.54) is 17.0 Å². The number of nitrogens with zero attached hydrogens (tertiary/aromatic N) is 2. The average molecular weight is 681 g/mol. The van der Waals surface area contributed by atoms with E-state index in [4.69, 9.17) is 23.2 Å². The summed E-state index contributed by atoms with van der Waals surface area (Å²) < 4.78 is 29.6.